The van der Waals surface area contributed by atoms with E-state index >= 15 is 0 Å². The largest absolute Gasteiger partial charge is 0.497 e. The molecule has 1 amide bonds. The number of nitrogens with zero attached hydrogens (tertiary/aromatic N) is 3. The first-order chi connectivity index (χ1) is 17.1. The second-order valence-electron chi connectivity index (χ2n) is 8.36. The van der Waals surface area contributed by atoms with E-state index in [9.17, 15) is 4.79 Å². The maximum absolute atomic E-state index is 12.4. The standard InChI is InChI=1S/C28H30N4O2S/c1-4-20(2)29-27(33)23-12-10-22(11-13-23)19-35-28-31-30-26(18-21-8-6-5-7-9-21)32(28)24-14-16-25(34-3)17-15-24/h5-17,20H,4,18-19H2,1-3H3,(H,29,33). The van der Waals surface area contributed by atoms with E-state index in [4.69, 9.17) is 4.74 Å². The molecule has 1 heterocycles. The molecular weight excluding hydrogens is 456 g/mol. The first-order valence-electron chi connectivity index (χ1n) is 11.7. The van der Waals surface area contributed by atoms with Crippen molar-refractivity contribution in [3.63, 3.8) is 0 Å². The summed E-state index contributed by atoms with van der Waals surface area (Å²) in [5.74, 6) is 2.36. The van der Waals surface area contributed by atoms with Crippen LogP contribution in [0.25, 0.3) is 5.69 Å². The van der Waals surface area contributed by atoms with Crippen LogP contribution in [-0.4, -0.2) is 33.8 Å². The van der Waals surface area contributed by atoms with E-state index in [1.807, 2.05) is 73.7 Å². The highest BCUT2D eigenvalue weighted by Gasteiger charge is 2.16. The van der Waals surface area contributed by atoms with Crippen LogP contribution >= 0.6 is 11.8 Å². The van der Waals surface area contributed by atoms with Gasteiger partial charge in [0.2, 0.25) is 0 Å². The highest BCUT2D eigenvalue weighted by Crippen LogP contribution is 2.27. The van der Waals surface area contributed by atoms with Crippen LogP contribution in [0.2, 0.25) is 0 Å². The molecule has 35 heavy (non-hydrogen) atoms. The number of benzene rings is 3. The summed E-state index contributed by atoms with van der Waals surface area (Å²) in [6.07, 6.45) is 1.59. The maximum Gasteiger partial charge on any atom is 0.251 e. The molecule has 1 aromatic heterocycles. The van der Waals surface area contributed by atoms with Crippen molar-refractivity contribution in [1.29, 1.82) is 0 Å². The molecule has 0 spiro atoms. The maximum atomic E-state index is 12.4. The molecule has 0 aliphatic carbocycles. The highest BCUT2D eigenvalue weighted by molar-refractivity contribution is 7.98. The predicted molar refractivity (Wildman–Crippen MR) is 140 cm³/mol. The zero-order chi connectivity index (χ0) is 24.6. The third kappa shape index (κ3) is 6.31. The normalized spacial score (nSPS) is 11.7. The third-order valence-electron chi connectivity index (χ3n) is 5.81. The number of rotatable bonds is 10. The Balaban J connectivity index is 1.53. The van der Waals surface area contributed by atoms with Crippen LogP contribution in [0.4, 0.5) is 0 Å². The number of aromatic nitrogens is 3. The Hall–Kier alpha value is -3.58. The lowest BCUT2D eigenvalue weighted by atomic mass is 10.1. The number of ether oxygens (including phenoxy) is 1. The fourth-order valence-electron chi connectivity index (χ4n) is 3.59. The fourth-order valence-corrected chi connectivity index (χ4v) is 4.51. The molecule has 1 N–H and O–H groups in total. The van der Waals surface area contributed by atoms with Gasteiger partial charge in [-0.2, -0.15) is 0 Å². The molecule has 1 atom stereocenters. The summed E-state index contributed by atoms with van der Waals surface area (Å²) >= 11 is 1.62. The van der Waals surface area contributed by atoms with Gasteiger partial charge in [0, 0.05) is 29.5 Å². The summed E-state index contributed by atoms with van der Waals surface area (Å²) in [5, 5.41) is 12.9. The molecule has 0 aliphatic rings. The summed E-state index contributed by atoms with van der Waals surface area (Å²) in [6.45, 7) is 4.06. The Morgan fingerprint density at radius 2 is 1.69 bits per heavy atom. The van der Waals surface area contributed by atoms with Gasteiger partial charge in [0.1, 0.15) is 11.6 Å². The molecule has 1 unspecified atom stereocenters. The molecule has 0 fully saturated rings. The number of methoxy groups -OCH3 is 1. The van der Waals surface area contributed by atoms with Crippen molar-refractivity contribution >= 4 is 17.7 Å². The topological polar surface area (TPSA) is 69.0 Å². The van der Waals surface area contributed by atoms with Crippen molar-refractivity contribution in [2.75, 3.05) is 7.11 Å². The van der Waals surface area contributed by atoms with E-state index in [1.54, 1.807) is 18.9 Å². The molecule has 4 aromatic rings. The average Bonchev–Trinajstić information content (AvgIpc) is 3.30. The number of thioether (sulfide) groups is 1. The van der Waals surface area contributed by atoms with Crippen LogP contribution in [0.3, 0.4) is 0 Å². The Kier molecular flexibility index (Phi) is 8.21. The van der Waals surface area contributed by atoms with Crippen molar-refractivity contribution in [1.82, 2.24) is 20.1 Å². The summed E-state index contributed by atoms with van der Waals surface area (Å²) in [6, 6.07) is 26.1. The number of nitrogens with one attached hydrogen (secondary N) is 1. The predicted octanol–water partition coefficient (Wildman–Crippen LogP) is 5.69. The average molecular weight is 487 g/mol. The number of hydrogen-bond acceptors (Lipinski definition) is 5. The van der Waals surface area contributed by atoms with Gasteiger partial charge in [-0.1, -0.05) is 61.2 Å². The van der Waals surface area contributed by atoms with E-state index in [2.05, 4.69) is 39.1 Å². The van der Waals surface area contributed by atoms with Gasteiger partial charge in [-0.25, -0.2) is 0 Å². The van der Waals surface area contributed by atoms with Gasteiger partial charge in [0.15, 0.2) is 5.16 Å². The van der Waals surface area contributed by atoms with Gasteiger partial charge >= 0.3 is 0 Å². The molecule has 0 aliphatic heterocycles. The molecular formula is C28H30N4O2S. The van der Waals surface area contributed by atoms with Gasteiger partial charge in [-0.05, 0) is 60.9 Å². The van der Waals surface area contributed by atoms with E-state index in [1.165, 1.54) is 5.56 Å². The monoisotopic (exact) mass is 486 g/mol. The summed E-state index contributed by atoms with van der Waals surface area (Å²) in [5.41, 5.74) is 3.95. The van der Waals surface area contributed by atoms with Gasteiger partial charge in [-0.15, -0.1) is 10.2 Å². The minimum Gasteiger partial charge on any atom is -0.497 e. The van der Waals surface area contributed by atoms with Gasteiger partial charge in [0.05, 0.1) is 7.11 Å². The van der Waals surface area contributed by atoms with Gasteiger partial charge in [0.25, 0.3) is 5.91 Å². The second-order valence-corrected chi connectivity index (χ2v) is 9.31. The van der Waals surface area contributed by atoms with Crippen LogP contribution in [0.15, 0.2) is 84.0 Å². The highest BCUT2D eigenvalue weighted by atomic mass is 32.2. The van der Waals surface area contributed by atoms with Crippen LogP contribution in [-0.2, 0) is 12.2 Å². The van der Waals surface area contributed by atoms with Crippen molar-refractivity contribution in [2.45, 2.75) is 43.6 Å². The molecule has 0 saturated heterocycles. The van der Waals surface area contributed by atoms with Crippen molar-refractivity contribution in [2.24, 2.45) is 0 Å². The number of carbonyl (C=O) groups excluding carboxylic acids is 1. The van der Waals surface area contributed by atoms with Crippen molar-refractivity contribution in [3.05, 3.63) is 101 Å². The molecule has 6 nitrogen and oxygen atoms in total. The third-order valence-corrected chi connectivity index (χ3v) is 6.81. The van der Waals surface area contributed by atoms with Crippen LogP contribution < -0.4 is 10.1 Å². The minimum atomic E-state index is -0.0386. The summed E-state index contributed by atoms with van der Waals surface area (Å²) < 4.78 is 7.43. The lowest BCUT2D eigenvalue weighted by Gasteiger charge is -2.12. The van der Waals surface area contributed by atoms with Crippen molar-refractivity contribution in [3.8, 4) is 11.4 Å². The molecule has 7 heteroatoms. The molecule has 0 radical (unpaired) electrons. The first-order valence-corrected chi connectivity index (χ1v) is 12.7. The zero-order valence-electron chi connectivity index (χ0n) is 20.3. The quantitative estimate of drug-likeness (QED) is 0.292. The lowest BCUT2D eigenvalue weighted by molar-refractivity contribution is 0.0939. The molecule has 180 valence electrons. The Morgan fingerprint density at radius 3 is 2.34 bits per heavy atom. The Labute approximate surface area is 210 Å². The van der Waals surface area contributed by atoms with Crippen LogP contribution in [0, 0.1) is 0 Å². The molecule has 3 aromatic carbocycles. The van der Waals surface area contributed by atoms with Gasteiger partial charge in [-0.3, -0.25) is 9.36 Å². The minimum absolute atomic E-state index is 0.0386. The van der Waals surface area contributed by atoms with Crippen LogP contribution in [0.5, 0.6) is 5.75 Å². The second kappa shape index (κ2) is 11.7. The SMILES string of the molecule is CCC(C)NC(=O)c1ccc(CSc2nnc(Cc3ccccc3)n2-c2ccc(OC)cc2)cc1. The lowest BCUT2D eigenvalue weighted by Crippen LogP contribution is -2.31. The Morgan fingerprint density at radius 1 is 0.971 bits per heavy atom. The number of amides is 1. The van der Waals surface area contributed by atoms with E-state index < -0.39 is 0 Å². The van der Waals surface area contributed by atoms with Gasteiger partial charge < -0.3 is 10.1 Å². The first kappa shape index (κ1) is 24.5. The van der Waals surface area contributed by atoms with Crippen LogP contribution in [0.1, 0.15) is 47.6 Å². The summed E-state index contributed by atoms with van der Waals surface area (Å²) in [4.78, 5) is 12.4. The molecule has 0 bridgehead atoms. The van der Waals surface area contributed by atoms with E-state index in [-0.39, 0.29) is 11.9 Å². The Bertz CT molecular complexity index is 1240. The van der Waals surface area contributed by atoms with Crippen molar-refractivity contribution < 1.29 is 9.53 Å². The smallest absolute Gasteiger partial charge is 0.251 e. The molecule has 0 saturated carbocycles. The summed E-state index contributed by atoms with van der Waals surface area (Å²) in [7, 11) is 1.66. The van der Waals surface area contributed by atoms with E-state index in [0.717, 1.165) is 34.4 Å². The zero-order valence-corrected chi connectivity index (χ0v) is 21.1. The van der Waals surface area contributed by atoms with E-state index in [0.29, 0.717) is 17.7 Å². The fraction of sp³-hybridized carbons (Fsp3) is 0.250. The number of hydrogen-bond donors (Lipinski definition) is 1. The number of carbonyl (C=O) groups is 1. The molecule has 4 rings (SSSR count).